The van der Waals surface area contributed by atoms with Crippen LogP contribution in [0.5, 0.6) is 0 Å². The molecule has 1 heterocycles. The minimum absolute atomic E-state index is 0.212. The fourth-order valence-electron chi connectivity index (χ4n) is 2.85. The Labute approximate surface area is 143 Å². The van der Waals surface area contributed by atoms with E-state index in [1.807, 2.05) is 12.1 Å². The number of halogens is 2. The number of rotatable bonds is 6. The summed E-state index contributed by atoms with van der Waals surface area (Å²) in [5.74, 6) is -0.774. The monoisotopic (exact) mass is 348 g/mol. The molecule has 1 aromatic carbocycles. The molecule has 6 nitrogen and oxygen atoms in total. The molecule has 2 N–H and O–H groups in total. The average Bonchev–Trinajstić information content (AvgIpc) is 3.20. The van der Waals surface area contributed by atoms with Crippen LogP contribution in [0.4, 0.5) is 14.5 Å². The van der Waals surface area contributed by atoms with E-state index in [0.717, 1.165) is 23.9 Å². The number of amides is 2. The predicted molar refractivity (Wildman–Crippen MR) is 87.7 cm³/mol. The fourth-order valence-corrected chi connectivity index (χ4v) is 2.85. The highest BCUT2D eigenvalue weighted by atomic mass is 19.3. The van der Waals surface area contributed by atoms with Gasteiger partial charge in [-0.25, -0.2) is 8.78 Å². The zero-order chi connectivity index (χ0) is 17.8. The van der Waals surface area contributed by atoms with E-state index >= 15 is 0 Å². The number of benzene rings is 1. The van der Waals surface area contributed by atoms with Gasteiger partial charge in [0.1, 0.15) is 6.54 Å². The molecule has 2 aromatic rings. The molecule has 1 aromatic heterocycles. The van der Waals surface area contributed by atoms with Gasteiger partial charge < -0.3 is 10.6 Å². The third-order valence-electron chi connectivity index (χ3n) is 4.01. The molecule has 25 heavy (non-hydrogen) atoms. The van der Waals surface area contributed by atoms with E-state index in [0.29, 0.717) is 11.3 Å². The number of carbonyl (C=O) groups excluding carboxylic acids is 2. The van der Waals surface area contributed by atoms with Crippen LogP contribution >= 0.6 is 0 Å². The molecule has 0 unspecified atom stereocenters. The van der Waals surface area contributed by atoms with Crippen LogP contribution in [-0.4, -0.2) is 34.6 Å². The first kappa shape index (κ1) is 17.1. The number of nitrogens with zero attached hydrogens (tertiary/aromatic N) is 2. The third kappa shape index (κ3) is 4.40. The normalized spacial score (nSPS) is 12.9. The summed E-state index contributed by atoms with van der Waals surface area (Å²) >= 11 is 0. The number of aryl methyl sites for hydroxylation is 2. The summed E-state index contributed by atoms with van der Waals surface area (Å²) < 4.78 is 25.5. The van der Waals surface area contributed by atoms with E-state index in [1.165, 1.54) is 23.5 Å². The van der Waals surface area contributed by atoms with Crippen molar-refractivity contribution in [3.05, 3.63) is 47.3 Å². The van der Waals surface area contributed by atoms with Gasteiger partial charge in [-0.1, -0.05) is 6.07 Å². The first-order valence-electron chi connectivity index (χ1n) is 8.02. The molecule has 1 aliphatic carbocycles. The van der Waals surface area contributed by atoms with Crippen molar-refractivity contribution in [3.8, 4) is 0 Å². The van der Waals surface area contributed by atoms with Gasteiger partial charge in [-0.2, -0.15) is 5.10 Å². The second-order valence-corrected chi connectivity index (χ2v) is 5.91. The smallest absolute Gasteiger partial charge is 0.257 e. The lowest BCUT2D eigenvalue weighted by Gasteiger charge is -2.07. The molecule has 0 saturated carbocycles. The first-order valence-corrected chi connectivity index (χ1v) is 8.02. The Morgan fingerprint density at radius 3 is 2.84 bits per heavy atom. The summed E-state index contributed by atoms with van der Waals surface area (Å²) in [4.78, 5) is 24.0. The maximum atomic E-state index is 12.3. The van der Waals surface area contributed by atoms with Crippen molar-refractivity contribution in [1.82, 2.24) is 15.1 Å². The van der Waals surface area contributed by atoms with Crippen LogP contribution in [-0.2, 0) is 24.2 Å². The zero-order valence-electron chi connectivity index (χ0n) is 13.5. The second-order valence-electron chi connectivity index (χ2n) is 5.91. The molecular formula is C17H18F2N4O2. The Kier molecular flexibility index (Phi) is 5.06. The molecule has 3 rings (SSSR count). The zero-order valence-corrected chi connectivity index (χ0v) is 13.5. The summed E-state index contributed by atoms with van der Waals surface area (Å²) in [7, 11) is 0. The van der Waals surface area contributed by atoms with E-state index in [2.05, 4.69) is 15.7 Å². The molecule has 8 heteroatoms. The van der Waals surface area contributed by atoms with Crippen LogP contribution in [0.2, 0.25) is 0 Å². The van der Waals surface area contributed by atoms with Crippen molar-refractivity contribution in [1.29, 1.82) is 0 Å². The molecule has 0 radical (unpaired) electrons. The molecular weight excluding hydrogens is 330 g/mol. The molecule has 132 valence electrons. The van der Waals surface area contributed by atoms with Crippen molar-refractivity contribution in [3.63, 3.8) is 0 Å². The number of hydrogen-bond acceptors (Lipinski definition) is 3. The Morgan fingerprint density at radius 1 is 1.24 bits per heavy atom. The standard InChI is InChI=1S/C17H18F2N4O2/c18-15(19)10-23-9-14(7-21-23)22-16(24)8-20-17(25)13-5-4-11-2-1-3-12(11)6-13/h4-7,9,15H,1-3,8,10H2,(H,20,25)(H,22,24). The van der Waals surface area contributed by atoms with Crippen molar-refractivity contribution in [2.24, 2.45) is 0 Å². The Hall–Kier alpha value is -2.77. The average molecular weight is 348 g/mol. The van der Waals surface area contributed by atoms with Crippen LogP contribution < -0.4 is 10.6 Å². The molecule has 2 amide bonds. The number of hydrogen-bond donors (Lipinski definition) is 2. The molecule has 0 aliphatic heterocycles. The highest BCUT2D eigenvalue weighted by Gasteiger charge is 2.15. The van der Waals surface area contributed by atoms with Gasteiger partial charge in [0, 0.05) is 11.8 Å². The minimum atomic E-state index is -2.52. The van der Waals surface area contributed by atoms with Crippen molar-refractivity contribution >= 4 is 17.5 Å². The lowest BCUT2D eigenvalue weighted by molar-refractivity contribution is -0.115. The molecule has 0 atom stereocenters. The number of fused-ring (bicyclic) bond motifs is 1. The van der Waals surface area contributed by atoms with Gasteiger partial charge >= 0.3 is 0 Å². The number of alkyl halides is 2. The van der Waals surface area contributed by atoms with Gasteiger partial charge in [0.05, 0.1) is 18.4 Å². The van der Waals surface area contributed by atoms with Crippen LogP contribution in [0.25, 0.3) is 0 Å². The van der Waals surface area contributed by atoms with Gasteiger partial charge in [-0.3, -0.25) is 14.3 Å². The van der Waals surface area contributed by atoms with Gasteiger partial charge in [0.2, 0.25) is 5.91 Å². The molecule has 0 bridgehead atoms. The van der Waals surface area contributed by atoms with Crippen molar-refractivity contribution in [2.45, 2.75) is 32.2 Å². The van der Waals surface area contributed by atoms with E-state index in [-0.39, 0.29) is 12.5 Å². The summed E-state index contributed by atoms with van der Waals surface area (Å²) in [6.07, 6.45) is 3.19. The summed E-state index contributed by atoms with van der Waals surface area (Å²) in [6.45, 7) is -0.749. The molecule has 1 aliphatic rings. The van der Waals surface area contributed by atoms with Crippen LogP contribution in [0.3, 0.4) is 0 Å². The molecule has 0 spiro atoms. The minimum Gasteiger partial charge on any atom is -0.343 e. The Balaban J connectivity index is 1.50. The largest absolute Gasteiger partial charge is 0.343 e. The predicted octanol–water partition coefficient (Wildman–Crippen LogP) is 2.01. The SMILES string of the molecule is O=C(CNC(=O)c1ccc2c(c1)CCC2)Nc1cnn(CC(F)F)c1. The van der Waals surface area contributed by atoms with Gasteiger partial charge in [-0.05, 0) is 42.5 Å². The summed E-state index contributed by atoms with van der Waals surface area (Å²) in [5.41, 5.74) is 3.29. The van der Waals surface area contributed by atoms with Crippen LogP contribution in [0, 0.1) is 0 Å². The lowest BCUT2D eigenvalue weighted by Crippen LogP contribution is -2.32. The van der Waals surface area contributed by atoms with E-state index in [9.17, 15) is 18.4 Å². The van der Waals surface area contributed by atoms with Gasteiger partial charge in [0.15, 0.2) is 0 Å². The van der Waals surface area contributed by atoms with E-state index in [1.54, 1.807) is 6.07 Å². The topological polar surface area (TPSA) is 76.0 Å². The number of aromatic nitrogens is 2. The van der Waals surface area contributed by atoms with Crippen LogP contribution in [0.15, 0.2) is 30.6 Å². The number of anilines is 1. The van der Waals surface area contributed by atoms with Gasteiger partial charge in [0.25, 0.3) is 12.3 Å². The lowest BCUT2D eigenvalue weighted by atomic mass is 10.1. The van der Waals surface area contributed by atoms with Crippen molar-refractivity contribution in [2.75, 3.05) is 11.9 Å². The first-order chi connectivity index (χ1) is 12.0. The number of nitrogens with one attached hydrogen (secondary N) is 2. The van der Waals surface area contributed by atoms with Crippen molar-refractivity contribution < 1.29 is 18.4 Å². The quantitative estimate of drug-likeness (QED) is 0.838. The van der Waals surface area contributed by atoms with Gasteiger partial charge in [-0.15, -0.1) is 0 Å². The van der Waals surface area contributed by atoms with E-state index < -0.39 is 18.9 Å². The molecule has 0 saturated heterocycles. The second kappa shape index (κ2) is 7.42. The maximum Gasteiger partial charge on any atom is 0.257 e. The van der Waals surface area contributed by atoms with Crippen LogP contribution in [0.1, 0.15) is 27.9 Å². The molecule has 0 fully saturated rings. The summed E-state index contributed by atoms with van der Waals surface area (Å²) in [6, 6.07) is 5.57. The number of carbonyl (C=O) groups is 2. The Morgan fingerprint density at radius 2 is 2.04 bits per heavy atom. The summed E-state index contributed by atoms with van der Waals surface area (Å²) in [5, 5.41) is 8.77. The third-order valence-corrected chi connectivity index (χ3v) is 4.01. The highest BCUT2D eigenvalue weighted by Crippen LogP contribution is 2.22. The maximum absolute atomic E-state index is 12.3. The Bertz CT molecular complexity index is 789. The fraction of sp³-hybridized carbons (Fsp3) is 0.353. The highest BCUT2D eigenvalue weighted by molar-refractivity contribution is 5.99. The van der Waals surface area contributed by atoms with E-state index in [4.69, 9.17) is 0 Å².